The molecule has 1 amide bonds. The highest BCUT2D eigenvalue weighted by Crippen LogP contribution is 2.28. The number of nitrogens with one attached hydrogen (secondary N) is 1. The van der Waals surface area contributed by atoms with E-state index in [4.69, 9.17) is 4.74 Å². The van der Waals surface area contributed by atoms with E-state index in [0.29, 0.717) is 17.3 Å². The van der Waals surface area contributed by atoms with Crippen LogP contribution in [0, 0.1) is 13.8 Å². The molecule has 0 atom stereocenters. The first-order chi connectivity index (χ1) is 12.1. The van der Waals surface area contributed by atoms with Crippen molar-refractivity contribution in [3.8, 4) is 11.3 Å². The number of rotatable bonds is 5. The smallest absolute Gasteiger partial charge is 0.257 e. The molecule has 128 valence electrons. The van der Waals surface area contributed by atoms with Crippen molar-refractivity contribution >= 4 is 22.4 Å². The summed E-state index contributed by atoms with van der Waals surface area (Å²) >= 11 is 1.43. The summed E-state index contributed by atoms with van der Waals surface area (Å²) < 4.78 is 5.11. The molecule has 0 aliphatic heterocycles. The maximum Gasteiger partial charge on any atom is 0.257 e. The van der Waals surface area contributed by atoms with Crippen LogP contribution in [0.15, 0.2) is 47.8 Å². The van der Waals surface area contributed by atoms with E-state index in [1.165, 1.54) is 22.5 Å². The minimum Gasteiger partial charge on any atom is -0.380 e. The van der Waals surface area contributed by atoms with Gasteiger partial charge >= 0.3 is 0 Å². The molecule has 2 aromatic carbocycles. The predicted molar refractivity (Wildman–Crippen MR) is 102 cm³/mol. The molecule has 1 heterocycles. The van der Waals surface area contributed by atoms with Gasteiger partial charge in [-0.3, -0.25) is 10.1 Å². The molecular weight excluding hydrogens is 332 g/mol. The van der Waals surface area contributed by atoms with Gasteiger partial charge in [-0.25, -0.2) is 4.98 Å². The zero-order valence-electron chi connectivity index (χ0n) is 14.5. The van der Waals surface area contributed by atoms with E-state index in [1.807, 2.05) is 23.6 Å². The number of hydrogen-bond acceptors (Lipinski definition) is 4. The van der Waals surface area contributed by atoms with Gasteiger partial charge in [0.15, 0.2) is 5.13 Å². The summed E-state index contributed by atoms with van der Waals surface area (Å²) in [5.74, 6) is -0.167. The highest BCUT2D eigenvalue weighted by atomic mass is 32.1. The predicted octanol–water partition coefficient (Wildman–Crippen LogP) is 4.83. The highest BCUT2D eigenvalue weighted by molar-refractivity contribution is 7.14. The average molecular weight is 352 g/mol. The van der Waals surface area contributed by atoms with Gasteiger partial charge in [-0.2, -0.15) is 0 Å². The fourth-order valence-electron chi connectivity index (χ4n) is 2.60. The molecule has 0 spiro atoms. The van der Waals surface area contributed by atoms with E-state index in [9.17, 15) is 4.79 Å². The summed E-state index contributed by atoms with van der Waals surface area (Å²) in [6.07, 6.45) is 0. The number of amides is 1. The van der Waals surface area contributed by atoms with Gasteiger partial charge in [-0.1, -0.05) is 29.8 Å². The van der Waals surface area contributed by atoms with Crippen molar-refractivity contribution in [1.29, 1.82) is 0 Å². The number of aromatic nitrogens is 1. The van der Waals surface area contributed by atoms with Crippen LogP contribution >= 0.6 is 11.3 Å². The lowest BCUT2D eigenvalue weighted by atomic mass is 10.0. The molecule has 4 nitrogen and oxygen atoms in total. The minimum absolute atomic E-state index is 0.167. The molecule has 0 bridgehead atoms. The normalized spacial score (nSPS) is 10.7. The fraction of sp³-hybridized carbons (Fsp3) is 0.200. The van der Waals surface area contributed by atoms with Crippen molar-refractivity contribution in [3.05, 3.63) is 70.1 Å². The van der Waals surface area contributed by atoms with E-state index >= 15 is 0 Å². The van der Waals surface area contributed by atoms with Gasteiger partial charge in [0.1, 0.15) is 0 Å². The number of benzene rings is 2. The fourth-order valence-corrected chi connectivity index (χ4v) is 3.31. The van der Waals surface area contributed by atoms with Crippen molar-refractivity contribution < 1.29 is 9.53 Å². The summed E-state index contributed by atoms with van der Waals surface area (Å²) in [6.45, 7) is 4.60. The Hall–Kier alpha value is -2.50. The summed E-state index contributed by atoms with van der Waals surface area (Å²) in [7, 11) is 1.64. The maximum atomic E-state index is 12.5. The second kappa shape index (κ2) is 7.59. The quantitative estimate of drug-likeness (QED) is 0.716. The molecule has 0 unspecified atom stereocenters. The third kappa shape index (κ3) is 4.13. The second-order valence-corrected chi connectivity index (χ2v) is 6.80. The topological polar surface area (TPSA) is 51.2 Å². The van der Waals surface area contributed by atoms with Gasteiger partial charge < -0.3 is 4.74 Å². The molecule has 0 aliphatic rings. The van der Waals surface area contributed by atoms with Crippen molar-refractivity contribution in [2.24, 2.45) is 0 Å². The van der Waals surface area contributed by atoms with E-state index in [-0.39, 0.29) is 5.91 Å². The second-order valence-electron chi connectivity index (χ2n) is 5.94. The third-order valence-corrected chi connectivity index (χ3v) is 4.65. The van der Waals surface area contributed by atoms with Gasteiger partial charge in [0.25, 0.3) is 5.91 Å². The molecule has 0 saturated heterocycles. The van der Waals surface area contributed by atoms with Crippen LogP contribution < -0.4 is 5.32 Å². The van der Waals surface area contributed by atoms with Crippen molar-refractivity contribution in [2.45, 2.75) is 20.5 Å². The Morgan fingerprint density at radius 2 is 2.04 bits per heavy atom. The number of methoxy groups -OCH3 is 1. The molecule has 3 aromatic rings. The molecule has 0 fully saturated rings. The van der Waals surface area contributed by atoms with E-state index in [0.717, 1.165) is 16.8 Å². The lowest BCUT2D eigenvalue weighted by molar-refractivity contribution is 0.102. The Kier molecular flexibility index (Phi) is 5.26. The third-order valence-electron chi connectivity index (χ3n) is 3.89. The lowest BCUT2D eigenvalue weighted by Crippen LogP contribution is -2.12. The largest absolute Gasteiger partial charge is 0.380 e. The van der Waals surface area contributed by atoms with Crippen LogP contribution in [0.4, 0.5) is 5.13 Å². The Balaban J connectivity index is 1.78. The molecule has 0 radical (unpaired) electrons. The van der Waals surface area contributed by atoms with Gasteiger partial charge in [-0.05, 0) is 43.2 Å². The number of anilines is 1. The van der Waals surface area contributed by atoms with Crippen molar-refractivity contribution in [3.63, 3.8) is 0 Å². The monoisotopic (exact) mass is 352 g/mol. The molecule has 3 rings (SSSR count). The van der Waals surface area contributed by atoms with Crippen LogP contribution in [0.5, 0.6) is 0 Å². The zero-order chi connectivity index (χ0) is 17.8. The molecule has 0 aliphatic carbocycles. The number of thiazole rings is 1. The van der Waals surface area contributed by atoms with Crippen LogP contribution in [-0.2, 0) is 11.3 Å². The molecule has 1 N–H and O–H groups in total. The molecule has 25 heavy (non-hydrogen) atoms. The number of aryl methyl sites for hydroxylation is 2. The van der Waals surface area contributed by atoms with Crippen LogP contribution in [0.25, 0.3) is 11.3 Å². The summed E-state index contributed by atoms with van der Waals surface area (Å²) in [5.41, 5.74) is 5.90. The Labute approximate surface area is 151 Å². The molecule has 1 aromatic heterocycles. The number of ether oxygens (including phenoxy) is 1. The molecule has 5 heteroatoms. The molecular formula is C20H20N2O2S. The summed E-state index contributed by atoms with van der Waals surface area (Å²) in [6, 6.07) is 13.7. The Morgan fingerprint density at radius 1 is 1.20 bits per heavy atom. The zero-order valence-corrected chi connectivity index (χ0v) is 15.3. The average Bonchev–Trinajstić information content (AvgIpc) is 3.06. The summed E-state index contributed by atoms with van der Waals surface area (Å²) in [4.78, 5) is 17.0. The Bertz CT molecular complexity index is 902. The van der Waals surface area contributed by atoms with Crippen LogP contribution in [0.1, 0.15) is 27.0 Å². The van der Waals surface area contributed by atoms with Gasteiger partial charge in [0, 0.05) is 23.6 Å². The van der Waals surface area contributed by atoms with E-state index < -0.39 is 0 Å². The SMILES string of the molecule is COCc1cccc(C(=O)Nc2nc(-c3cc(C)ccc3C)cs2)c1. The first kappa shape index (κ1) is 17.3. The Morgan fingerprint density at radius 3 is 2.84 bits per heavy atom. The first-order valence-corrected chi connectivity index (χ1v) is 8.87. The number of carbonyl (C=O) groups is 1. The van der Waals surface area contributed by atoms with Gasteiger partial charge in [0.05, 0.1) is 12.3 Å². The molecule has 0 saturated carbocycles. The van der Waals surface area contributed by atoms with Crippen molar-refractivity contribution in [1.82, 2.24) is 4.98 Å². The van der Waals surface area contributed by atoms with E-state index in [2.05, 4.69) is 42.3 Å². The van der Waals surface area contributed by atoms with Crippen LogP contribution in [-0.4, -0.2) is 18.0 Å². The number of hydrogen-bond donors (Lipinski definition) is 1. The van der Waals surface area contributed by atoms with E-state index in [1.54, 1.807) is 13.2 Å². The van der Waals surface area contributed by atoms with Crippen LogP contribution in [0.3, 0.4) is 0 Å². The van der Waals surface area contributed by atoms with Gasteiger partial charge in [-0.15, -0.1) is 11.3 Å². The number of carbonyl (C=O) groups excluding carboxylic acids is 1. The lowest BCUT2D eigenvalue weighted by Gasteiger charge is -2.05. The van der Waals surface area contributed by atoms with Crippen molar-refractivity contribution in [2.75, 3.05) is 12.4 Å². The maximum absolute atomic E-state index is 12.5. The summed E-state index contributed by atoms with van der Waals surface area (Å²) in [5, 5.41) is 5.45. The first-order valence-electron chi connectivity index (χ1n) is 7.99. The van der Waals surface area contributed by atoms with Gasteiger partial charge in [0.2, 0.25) is 0 Å². The standard InChI is InChI=1S/C20H20N2O2S/c1-13-7-8-14(2)17(9-13)18-12-25-20(21-18)22-19(23)16-6-4-5-15(10-16)11-24-3/h4-10,12H,11H2,1-3H3,(H,21,22,23). The highest BCUT2D eigenvalue weighted by Gasteiger charge is 2.12. The van der Waals surface area contributed by atoms with Crippen LogP contribution in [0.2, 0.25) is 0 Å². The minimum atomic E-state index is -0.167. The number of nitrogens with zero attached hydrogens (tertiary/aromatic N) is 1.